The summed E-state index contributed by atoms with van der Waals surface area (Å²) in [6.45, 7) is 21.4. The van der Waals surface area contributed by atoms with E-state index < -0.39 is 0 Å². The largest absolute Gasteiger partial charge is 0.325 e. The molecule has 0 aromatic carbocycles. The summed E-state index contributed by atoms with van der Waals surface area (Å²) in [5, 5.41) is 0.374. The standard InChI is InChI=1S/C19H40BN/c1-10-14(17(4,5)6)16(19(9,20)12(2)3)13-11-15(13)18(7,8)21/h12-16H,10-11,20-21H2,1-9H3. The molecule has 2 N–H and O–H groups in total. The van der Waals surface area contributed by atoms with E-state index in [-0.39, 0.29) is 5.54 Å². The molecule has 0 aromatic rings. The predicted molar refractivity (Wildman–Crippen MR) is 98.3 cm³/mol. The van der Waals surface area contributed by atoms with Crippen molar-refractivity contribution in [1.29, 1.82) is 0 Å². The highest BCUT2D eigenvalue weighted by Crippen LogP contribution is 2.62. The zero-order chi connectivity index (χ0) is 16.8. The van der Waals surface area contributed by atoms with Crippen LogP contribution in [-0.4, -0.2) is 13.4 Å². The molecule has 0 aliphatic heterocycles. The molecule has 1 nitrogen and oxygen atoms in total. The third-order valence-corrected chi connectivity index (χ3v) is 6.59. The lowest BCUT2D eigenvalue weighted by atomic mass is 9.48. The first-order valence-electron chi connectivity index (χ1n) is 9.03. The smallest absolute Gasteiger partial charge is 0.109 e. The zero-order valence-electron chi connectivity index (χ0n) is 16.4. The van der Waals surface area contributed by atoms with Gasteiger partial charge in [0.05, 0.1) is 0 Å². The fourth-order valence-electron chi connectivity index (χ4n) is 4.63. The highest BCUT2D eigenvalue weighted by atomic mass is 14.8. The Labute approximate surface area is 135 Å². The first-order chi connectivity index (χ1) is 9.24. The molecule has 1 fully saturated rings. The molecule has 0 radical (unpaired) electrons. The maximum absolute atomic E-state index is 6.44. The molecule has 1 aliphatic rings. The van der Waals surface area contributed by atoms with Crippen molar-refractivity contribution in [3.05, 3.63) is 0 Å². The van der Waals surface area contributed by atoms with Crippen molar-refractivity contribution in [1.82, 2.24) is 0 Å². The van der Waals surface area contributed by atoms with Crippen LogP contribution in [-0.2, 0) is 0 Å². The Morgan fingerprint density at radius 2 is 1.57 bits per heavy atom. The Morgan fingerprint density at radius 3 is 1.81 bits per heavy atom. The van der Waals surface area contributed by atoms with E-state index in [0.717, 1.165) is 17.8 Å². The van der Waals surface area contributed by atoms with Crippen molar-refractivity contribution in [2.24, 2.45) is 40.7 Å². The van der Waals surface area contributed by atoms with Crippen molar-refractivity contribution in [2.45, 2.75) is 86.0 Å². The molecule has 0 heterocycles. The van der Waals surface area contributed by atoms with Crippen molar-refractivity contribution in [3.63, 3.8) is 0 Å². The molecule has 0 saturated heterocycles. The van der Waals surface area contributed by atoms with Crippen LogP contribution < -0.4 is 5.73 Å². The average Bonchev–Trinajstić information content (AvgIpc) is 3.02. The zero-order valence-corrected chi connectivity index (χ0v) is 16.4. The maximum atomic E-state index is 6.44. The summed E-state index contributed by atoms with van der Waals surface area (Å²) < 4.78 is 0. The van der Waals surface area contributed by atoms with Gasteiger partial charge in [0.2, 0.25) is 0 Å². The summed E-state index contributed by atoms with van der Waals surface area (Å²) >= 11 is 0. The molecule has 0 bridgehead atoms. The van der Waals surface area contributed by atoms with Crippen LogP contribution in [0.5, 0.6) is 0 Å². The van der Waals surface area contributed by atoms with E-state index in [0.29, 0.717) is 22.6 Å². The second-order valence-corrected chi connectivity index (χ2v) is 10.2. The van der Waals surface area contributed by atoms with Gasteiger partial charge in [0, 0.05) is 5.54 Å². The van der Waals surface area contributed by atoms with Crippen LogP contribution in [0.15, 0.2) is 0 Å². The summed E-state index contributed by atoms with van der Waals surface area (Å²) in [4.78, 5) is 0. The number of rotatable bonds is 6. The lowest BCUT2D eigenvalue weighted by Crippen LogP contribution is -2.42. The molecule has 21 heavy (non-hydrogen) atoms. The van der Waals surface area contributed by atoms with Gasteiger partial charge in [0.25, 0.3) is 0 Å². The molecule has 2 heteroatoms. The molecular formula is C19H40BN. The molecule has 0 amide bonds. The second-order valence-electron chi connectivity index (χ2n) is 10.2. The van der Waals surface area contributed by atoms with Gasteiger partial charge in [-0.15, -0.1) is 0 Å². The Morgan fingerprint density at radius 1 is 1.10 bits per heavy atom. The van der Waals surface area contributed by atoms with Crippen LogP contribution in [0.2, 0.25) is 5.31 Å². The molecule has 0 spiro atoms. The summed E-state index contributed by atoms with van der Waals surface area (Å²) in [5.74, 6) is 3.77. The lowest BCUT2D eigenvalue weighted by Gasteiger charge is -2.48. The van der Waals surface area contributed by atoms with Gasteiger partial charge in [-0.2, -0.15) is 0 Å². The molecule has 0 aromatic heterocycles. The number of hydrogen-bond donors (Lipinski definition) is 1. The number of hydrogen-bond acceptors (Lipinski definition) is 1. The third kappa shape index (κ3) is 4.06. The molecule has 1 saturated carbocycles. The molecular weight excluding hydrogens is 253 g/mol. The minimum atomic E-state index is -0.0217. The van der Waals surface area contributed by atoms with Crippen molar-refractivity contribution >= 4 is 7.85 Å². The van der Waals surface area contributed by atoms with Gasteiger partial charge >= 0.3 is 0 Å². The predicted octanol–water partition coefficient (Wildman–Crippen LogP) is 4.52. The van der Waals surface area contributed by atoms with Gasteiger partial charge < -0.3 is 5.73 Å². The van der Waals surface area contributed by atoms with Crippen LogP contribution in [0, 0.1) is 35.0 Å². The van der Waals surface area contributed by atoms with Gasteiger partial charge in [0.15, 0.2) is 0 Å². The van der Waals surface area contributed by atoms with E-state index in [1.54, 1.807) is 0 Å². The normalized spacial score (nSPS) is 29.1. The van der Waals surface area contributed by atoms with Crippen LogP contribution in [0.25, 0.3) is 0 Å². The summed E-state index contributed by atoms with van der Waals surface area (Å²) in [6.07, 6.45) is 2.61. The first-order valence-corrected chi connectivity index (χ1v) is 9.03. The monoisotopic (exact) mass is 293 g/mol. The fourth-order valence-corrected chi connectivity index (χ4v) is 4.63. The first kappa shape index (κ1) is 19.1. The Bertz CT molecular complexity index is 346. The van der Waals surface area contributed by atoms with Gasteiger partial charge in [0.1, 0.15) is 7.85 Å². The van der Waals surface area contributed by atoms with E-state index in [1.165, 1.54) is 12.8 Å². The highest BCUT2D eigenvalue weighted by Gasteiger charge is 2.56. The Hall–Kier alpha value is 0.0249. The van der Waals surface area contributed by atoms with Crippen LogP contribution >= 0.6 is 0 Å². The summed E-state index contributed by atoms with van der Waals surface area (Å²) in [5.41, 5.74) is 6.79. The third-order valence-electron chi connectivity index (χ3n) is 6.59. The van der Waals surface area contributed by atoms with Crippen molar-refractivity contribution < 1.29 is 0 Å². The van der Waals surface area contributed by atoms with Crippen molar-refractivity contribution in [3.8, 4) is 0 Å². The van der Waals surface area contributed by atoms with Crippen LogP contribution in [0.1, 0.15) is 75.2 Å². The highest BCUT2D eigenvalue weighted by molar-refractivity contribution is 6.15. The van der Waals surface area contributed by atoms with Gasteiger partial charge in [-0.25, -0.2) is 0 Å². The quantitative estimate of drug-likeness (QED) is 0.716. The molecule has 5 atom stereocenters. The minimum absolute atomic E-state index is 0.0217. The van der Waals surface area contributed by atoms with E-state index >= 15 is 0 Å². The van der Waals surface area contributed by atoms with E-state index in [1.807, 2.05) is 0 Å². The molecule has 5 unspecified atom stereocenters. The van der Waals surface area contributed by atoms with Gasteiger partial charge in [-0.3, -0.25) is 0 Å². The Balaban J connectivity index is 3.15. The van der Waals surface area contributed by atoms with Crippen molar-refractivity contribution in [2.75, 3.05) is 0 Å². The minimum Gasteiger partial charge on any atom is -0.325 e. The lowest BCUT2D eigenvalue weighted by molar-refractivity contribution is 0.0766. The van der Waals surface area contributed by atoms with E-state index in [2.05, 4.69) is 70.2 Å². The van der Waals surface area contributed by atoms with Crippen LogP contribution in [0.3, 0.4) is 0 Å². The summed E-state index contributed by atoms with van der Waals surface area (Å²) in [7, 11) is 2.50. The molecule has 1 aliphatic carbocycles. The average molecular weight is 293 g/mol. The molecule has 124 valence electrons. The number of nitrogens with two attached hydrogens (primary N) is 1. The fraction of sp³-hybridized carbons (Fsp3) is 1.00. The second kappa shape index (κ2) is 5.91. The van der Waals surface area contributed by atoms with Gasteiger partial charge in [-0.1, -0.05) is 60.2 Å². The van der Waals surface area contributed by atoms with Gasteiger partial charge in [-0.05, 0) is 55.3 Å². The SMILES string of the molecule is BC(C)(C(C)C)C(C1CC1C(C)(C)N)C(CC)C(C)(C)C. The molecule has 1 rings (SSSR count). The van der Waals surface area contributed by atoms with E-state index in [9.17, 15) is 0 Å². The summed E-state index contributed by atoms with van der Waals surface area (Å²) in [6, 6.07) is 0. The topological polar surface area (TPSA) is 26.0 Å². The van der Waals surface area contributed by atoms with Crippen LogP contribution in [0.4, 0.5) is 0 Å². The Kier molecular flexibility index (Phi) is 5.37. The maximum Gasteiger partial charge on any atom is 0.109 e. The van der Waals surface area contributed by atoms with E-state index in [4.69, 9.17) is 5.73 Å².